The van der Waals surface area contributed by atoms with E-state index in [0.29, 0.717) is 24.7 Å². The van der Waals surface area contributed by atoms with Crippen molar-refractivity contribution in [3.63, 3.8) is 0 Å². The van der Waals surface area contributed by atoms with E-state index in [-0.39, 0.29) is 11.8 Å². The lowest BCUT2D eigenvalue weighted by Crippen LogP contribution is -2.50. The molecule has 33 heavy (non-hydrogen) atoms. The fourth-order valence-electron chi connectivity index (χ4n) is 4.47. The number of anilines is 1. The van der Waals surface area contributed by atoms with Crippen molar-refractivity contribution >= 4 is 11.6 Å². The predicted octanol–water partition coefficient (Wildman–Crippen LogP) is 2.28. The Balaban J connectivity index is 1.18. The fourth-order valence-corrected chi connectivity index (χ4v) is 4.47. The van der Waals surface area contributed by atoms with Crippen LogP contribution >= 0.6 is 0 Å². The lowest BCUT2D eigenvalue weighted by atomic mass is 9.99. The van der Waals surface area contributed by atoms with Crippen LogP contribution in [-0.4, -0.2) is 89.2 Å². The molecule has 1 aromatic carbocycles. The van der Waals surface area contributed by atoms with E-state index in [1.54, 1.807) is 6.07 Å². The van der Waals surface area contributed by atoms with Crippen molar-refractivity contribution in [3.05, 3.63) is 47.9 Å². The van der Waals surface area contributed by atoms with Crippen molar-refractivity contribution in [3.8, 4) is 0 Å². The zero-order valence-electron chi connectivity index (χ0n) is 19.3. The van der Waals surface area contributed by atoms with E-state index in [9.17, 15) is 14.3 Å². The van der Waals surface area contributed by atoms with Crippen LogP contribution in [0, 0.1) is 11.7 Å². The highest BCUT2D eigenvalue weighted by Gasteiger charge is 2.23. The number of oxazole rings is 1. The molecule has 2 fully saturated rings. The molecule has 0 radical (unpaired) electrons. The zero-order valence-corrected chi connectivity index (χ0v) is 19.3. The number of carbonyl (C=O) groups excluding carboxylic acids is 1. The molecule has 1 unspecified atom stereocenters. The van der Waals surface area contributed by atoms with Crippen molar-refractivity contribution in [2.45, 2.75) is 32.4 Å². The molecule has 0 saturated carbocycles. The summed E-state index contributed by atoms with van der Waals surface area (Å²) in [5.41, 5.74) is 0.542. The van der Waals surface area contributed by atoms with Crippen LogP contribution in [0.15, 0.2) is 34.9 Å². The molecule has 2 N–H and O–H groups in total. The van der Waals surface area contributed by atoms with Crippen molar-refractivity contribution < 1.29 is 18.7 Å². The number of amides is 1. The molecule has 9 heteroatoms. The number of piperazine rings is 1. The van der Waals surface area contributed by atoms with Gasteiger partial charge in [-0.05, 0) is 50.0 Å². The molecular weight excluding hydrogens is 425 g/mol. The van der Waals surface area contributed by atoms with Crippen molar-refractivity contribution in [2.24, 2.45) is 5.92 Å². The van der Waals surface area contributed by atoms with E-state index in [4.69, 9.17) is 4.42 Å². The van der Waals surface area contributed by atoms with Crippen LogP contribution < -0.4 is 5.32 Å². The highest BCUT2D eigenvalue weighted by Crippen LogP contribution is 2.17. The van der Waals surface area contributed by atoms with Crippen LogP contribution in [0.3, 0.4) is 0 Å². The summed E-state index contributed by atoms with van der Waals surface area (Å²) < 4.78 is 18.8. The Bertz CT molecular complexity index is 907. The van der Waals surface area contributed by atoms with E-state index < -0.39 is 11.7 Å². The largest absolute Gasteiger partial charge is 0.447 e. The predicted molar refractivity (Wildman–Crippen MR) is 123 cm³/mol. The van der Waals surface area contributed by atoms with Gasteiger partial charge in [0, 0.05) is 45.0 Å². The third-order valence-corrected chi connectivity index (χ3v) is 6.50. The summed E-state index contributed by atoms with van der Waals surface area (Å²) in [6, 6.07) is 5.72. The number of halogens is 1. The van der Waals surface area contributed by atoms with Gasteiger partial charge in [0.1, 0.15) is 12.1 Å². The average Bonchev–Trinajstić information content (AvgIpc) is 3.25. The number of piperidine rings is 1. The molecule has 2 saturated heterocycles. The van der Waals surface area contributed by atoms with Crippen LogP contribution in [0.25, 0.3) is 0 Å². The Morgan fingerprint density at radius 3 is 2.52 bits per heavy atom. The number of aromatic nitrogens is 1. The SMILES string of the molecule is CC1CCN(CC(O)CN2CCN(Cc3nc(C(=O)Nc4cccc(F)c4)co3)CC2)CC1. The van der Waals surface area contributed by atoms with Crippen molar-refractivity contribution in [1.82, 2.24) is 19.7 Å². The Hall–Kier alpha value is -2.33. The van der Waals surface area contributed by atoms with Gasteiger partial charge in [-0.15, -0.1) is 0 Å². The number of carbonyl (C=O) groups is 1. The number of aliphatic hydroxyl groups excluding tert-OH is 1. The van der Waals surface area contributed by atoms with Gasteiger partial charge in [-0.2, -0.15) is 0 Å². The molecule has 2 aliphatic heterocycles. The van der Waals surface area contributed by atoms with Crippen LogP contribution in [0.2, 0.25) is 0 Å². The number of nitrogens with zero attached hydrogens (tertiary/aromatic N) is 4. The number of hydrogen-bond acceptors (Lipinski definition) is 7. The molecule has 0 aliphatic carbocycles. The zero-order chi connectivity index (χ0) is 23.2. The number of aliphatic hydroxyl groups is 1. The van der Waals surface area contributed by atoms with Gasteiger partial charge < -0.3 is 19.7 Å². The first-order chi connectivity index (χ1) is 15.9. The molecular formula is C24H34FN5O3. The minimum Gasteiger partial charge on any atom is -0.447 e. The average molecular weight is 460 g/mol. The second kappa shape index (κ2) is 11.2. The molecule has 180 valence electrons. The number of β-amino-alcohol motifs (C(OH)–C–C–N with tert-alkyl or cyclic N) is 1. The molecule has 2 aromatic rings. The Labute approximate surface area is 194 Å². The summed E-state index contributed by atoms with van der Waals surface area (Å²) in [4.78, 5) is 23.5. The Morgan fingerprint density at radius 1 is 1.15 bits per heavy atom. The number of benzene rings is 1. The maximum Gasteiger partial charge on any atom is 0.277 e. The molecule has 0 spiro atoms. The van der Waals surface area contributed by atoms with Gasteiger partial charge >= 0.3 is 0 Å². The summed E-state index contributed by atoms with van der Waals surface area (Å²) in [6.07, 6.45) is 3.45. The molecule has 1 aromatic heterocycles. The van der Waals surface area contributed by atoms with E-state index in [1.165, 1.54) is 37.3 Å². The van der Waals surface area contributed by atoms with Gasteiger partial charge in [-0.25, -0.2) is 9.37 Å². The van der Waals surface area contributed by atoms with Gasteiger partial charge in [-0.1, -0.05) is 13.0 Å². The first-order valence-electron chi connectivity index (χ1n) is 11.8. The van der Waals surface area contributed by atoms with Crippen molar-refractivity contribution in [2.75, 3.05) is 57.7 Å². The highest BCUT2D eigenvalue weighted by molar-refractivity contribution is 6.02. The van der Waals surface area contributed by atoms with E-state index >= 15 is 0 Å². The summed E-state index contributed by atoms with van der Waals surface area (Å²) in [5, 5.41) is 13.1. The van der Waals surface area contributed by atoms with Crippen LogP contribution in [0.1, 0.15) is 36.1 Å². The third-order valence-electron chi connectivity index (χ3n) is 6.50. The van der Waals surface area contributed by atoms with Crippen LogP contribution in [0.5, 0.6) is 0 Å². The monoisotopic (exact) mass is 459 g/mol. The smallest absolute Gasteiger partial charge is 0.277 e. The third kappa shape index (κ3) is 7.07. The first kappa shape index (κ1) is 23.8. The minimum absolute atomic E-state index is 0.170. The fraction of sp³-hybridized carbons (Fsp3) is 0.583. The quantitative estimate of drug-likeness (QED) is 0.627. The first-order valence-corrected chi connectivity index (χ1v) is 11.8. The van der Waals surface area contributed by atoms with Gasteiger partial charge in [0.2, 0.25) is 5.89 Å². The summed E-state index contributed by atoms with van der Waals surface area (Å²) in [6.45, 7) is 9.90. The number of nitrogens with one attached hydrogen (secondary N) is 1. The normalized spacial score (nSPS) is 20.1. The standard InChI is InChI=1S/C24H34FN5O3/c1-18-5-7-28(8-6-18)14-21(31)15-29-9-11-30(12-10-29)16-23-27-22(17-33-23)24(32)26-20-4-2-3-19(25)13-20/h2-4,13,17-18,21,31H,5-12,14-16H2,1H3,(H,26,32). The molecule has 0 bridgehead atoms. The molecule has 1 amide bonds. The lowest BCUT2D eigenvalue weighted by Gasteiger charge is -2.36. The number of hydrogen-bond donors (Lipinski definition) is 2. The lowest BCUT2D eigenvalue weighted by molar-refractivity contribution is 0.0401. The van der Waals surface area contributed by atoms with Gasteiger partial charge in [-0.3, -0.25) is 14.6 Å². The maximum atomic E-state index is 13.3. The summed E-state index contributed by atoms with van der Waals surface area (Å²) in [5.74, 6) is 0.431. The number of likely N-dealkylation sites (tertiary alicyclic amines) is 1. The molecule has 1 atom stereocenters. The van der Waals surface area contributed by atoms with Crippen LogP contribution in [0.4, 0.5) is 10.1 Å². The van der Waals surface area contributed by atoms with Gasteiger partial charge in [0.15, 0.2) is 5.69 Å². The Kier molecular flexibility index (Phi) is 8.08. The van der Waals surface area contributed by atoms with Crippen LogP contribution in [-0.2, 0) is 6.54 Å². The van der Waals surface area contributed by atoms with Gasteiger partial charge in [0.05, 0.1) is 12.6 Å². The second-order valence-electron chi connectivity index (χ2n) is 9.30. The highest BCUT2D eigenvalue weighted by atomic mass is 19.1. The number of rotatable bonds is 8. The molecule has 2 aliphatic rings. The Morgan fingerprint density at radius 2 is 1.82 bits per heavy atom. The second-order valence-corrected chi connectivity index (χ2v) is 9.30. The van der Waals surface area contributed by atoms with Crippen molar-refractivity contribution in [1.29, 1.82) is 0 Å². The summed E-state index contributed by atoms with van der Waals surface area (Å²) in [7, 11) is 0. The van der Waals surface area contributed by atoms with E-state index in [0.717, 1.165) is 51.7 Å². The topological polar surface area (TPSA) is 85.1 Å². The van der Waals surface area contributed by atoms with E-state index in [2.05, 4.69) is 31.9 Å². The maximum absolute atomic E-state index is 13.3. The van der Waals surface area contributed by atoms with Gasteiger partial charge in [0.25, 0.3) is 5.91 Å². The van der Waals surface area contributed by atoms with E-state index in [1.807, 2.05) is 0 Å². The minimum atomic E-state index is -0.433. The molecule has 8 nitrogen and oxygen atoms in total. The summed E-state index contributed by atoms with van der Waals surface area (Å²) >= 11 is 0. The molecule has 4 rings (SSSR count). The molecule has 3 heterocycles.